The fraction of sp³-hybridized carbons (Fsp3) is 0. The highest BCUT2D eigenvalue weighted by molar-refractivity contribution is 6.14. The van der Waals surface area contributed by atoms with Gasteiger partial charge in [-0.25, -0.2) is 0 Å². The number of benzene rings is 10. The number of anilines is 3. The molecule has 2 heteroatoms. The lowest BCUT2D eigenvalue weighted by atomic mass is 9.95. The Morgan fingerprint density at radius 1 is 0.259 bits per heavy atom. The molecule has 0 unspecified atom stereocenters. The standard InChI is InChI=1S/C56H37NO/c1-4-13-38(14-5-1)39-25-29-46(30-26-39)57(48-33-34-50-44(35-48)24-23-43-19-10-11-20-49(43)50)47-31-27-40(28-32-47)45-36-53(42-17-8-3-9-18-42)56-54(37-45)52-22-12-21-51(55(52)58-56)41-15-6-2-7-16-41/h1-37H. The molecule has 0 amide bonds. The van der Waals surface area contributed by atoms with Gasteiger partial charge in [0, 0.05) is 39.0 Å². The first-order valence-electron chi connectivity index (χ1n) is 19.8. The van der Waals surface area contributed by atoms with Gasteiger partial charge in [-0.05, 0) is 103 Å². The molecular formula is C56H37NO. The number of fused-ring (bicyclic) bond motifs is 6. The van der Waals surface area contributed by atoms with Crippen molar-refractivity contribution >= 4 is 60.5 Å². The molecule has 272 valence electrons. The van der Waals surface area contributed by atoms with Gasteiger partial charge in [-0.2, -0.15) is 0 Å². The Labute approximate surface area is 337 Å². The Bertz CT molecular complexity index is 3240. The van der Waals surface area contributed by atoms with E-state index in [-0.39, 0.29) is 0 Å². The van der Waals surface area contributed by atoms with Crippen molar-refractivity contribution in [3.8, 4) is 44.5 Å². The lowest BCUT2D eigenvalue weighted by Gasteiger charge is -2.26. The number of rotatable bonds is 7. The largest absolute Gasteiger partial charge is 0.455 e. The quantitative estimate of drug-likeness (QED) is 0.151. The molecule has 11 aromatic rings. The Balaban J connectivity index is 1.04. The summed E-state index contributed by atoms with van der Waals surface area (Å²) in [5, 5.41) is 7.20. The van der Waals surface area contributed by atoms with Crippen molar-refractivity contribution in [1.29, 1.82) is 0 Å². The molecule has 0 aliphatic rings. The molecule has 0 fully saturated rings. The molecule has 0 bridgehead atoms. The summed E-state index contributed by atoms with van der Waals surface area (Å²) in [6.07, 6.45) is 0. The molecule has 0 spiro atoms. The number of furan rings is 1. The zero-order valence-electron chi connectivity index (χ0n) is 31.7. The Kier molecular flexibility index (Phi) is 8.19. The highest BCUT2D eigenvalue weighted by atomic mass is 16.3. The summed E-state index contributed by atoms with van der Waals surface area (Å²) in [7, 11) is 0. The topological polar surface area (TPSA) is 16.4 Å². The van der Waals surface area contributed by atoms with Crippen LogP contribution in [0.4, 0.5) is 17.1 Å². The Morgan fingerprint density at radius 2 is 0.759 bits per heavy atom. The molecule has 0 atom stereocenters. The summed E-state index contributed by atoms with van der Waals surface area (Å²) in [6.45, 7) is 0. The lowest BCUT2D eigenvalue weighted by molar-refractivity contribution is 0.671. The van der Waals surface area contributed by atoms with Gasteiger partial charge in [0.25, 0.3) is 0 Å². The maximum Gasteiger partial charge on any atom is 0.143 e. The van der Waals surface area contributed by atoms with Gasteiger partial charge in [-0.3, -0.25) is 0 Å². The molecule has 0 radical (unpaired) electrons. The van der Waals surface area contributed by atoms with Crippen molar-refractivity contribution in [2.75, 3.05) is 4.90 Å². The van der Waals surface area contributed by atoms with Crippen LogP contribution >= 0.6 is 0 Å². The van der Waals surface area contributed by atoms with Gasteiger partial charge in [-0.15, -0.1) is 0 Å². The maximum atomic E-state index is 6.85. The first kappa shape index (κ1) is 33.6. The van der Waals surface area contributed by atoms with E-state index in [1.807, 2.05) is 0 Å². The minimum absolute atomic E-state index is 0.902. The maximum absolute atomic E-state index is 6.85. The second-order valence-corrected chi connectivity index (χ2v) is 14.9. The van der Waals surface area contributed by atoms with E-state index in [4.69, 9.17) is 4.42 Å². The zero-order valence-corrected chi connectivity index (χ0v) is 31.7. The van der Waals surface area contributed by atoms with Crippen LogP contribution in [0.3, 0.4) is 0 Å². The average molecular weight is 740 g/mol. The summed E-state index contributed by atoms with van der Waals surface area (Å²) in [4.78, 5) is 2.36. The molecule has 10 aromatic carbocycles. The van der Waals surface area contributed by atoms with Crippen LogP contribution < -0.4 is 4.90 Å². The van der Waals surface area contributed by atoms with Gasteiger partial charge in [0.15, 0.2) is 0 Å². The normalized spacial score (nSPS) is 11.4. The molecule has 0 aliphatic heterocycles. The van der Waals surface area contributed by atoms with Crippen LogP contribution in [-0.4, -0.2) is 0 Å². The van der Waals surface area contributed by atoms with Crippen molar-refractivity contribution in [2.45, 2.75) is 0 Å². The van der Waals surface area contributed by atoms with Gasteiger partial charge in [0.1, 0.15) is 11.2 Å². The summed E-state index contributed by atoms with van der Waals surface area (Å²) in [6, 6.07) is 80.5. The summed E-state index contributed by atoms with van der Waals surface area (Å²) in [5.41, 5.74) is 14.2. The molecular weight excluding hydrogens is 703 g/mol. The van der Waals surface area contributed by atoms with Crippen molar-refractivity contribution in [3.05, 3.63) is 224 Å². The van der Waals surface area contributed by atoms with E-state index in [9.17, 15) is 0 Å². The molecule has 0 saturated heterocycles. The Hall–Kier alpha value is -7.68. The second-order valence-electron chi connectivity index (χ2n) is 14.9. The molecule has 0 aliphatic carbocycles. The van der Waals surface area contributed by atoms with Crippen molar-refractivity contribution < 1.29 is 4.42 Å². The summed E-state index contributed by atoms with van der Waals surface area (Å²) in [5.74, 6) is 0. The van der Waals surface area contributed by atoms with Crippen molar-refractivity contribution in [1.82, 2.24) is 0 Å². The summed E-state index contributed by atoms with van der Waals surface area (Å²) < 4.78 is 6.85. The second kappa shape index (κ2) is 14.1. The highest BCUT2D eigenvalue weighted by Crippen LogP contribution is 2.44. The van der Waals surface area contributed by atoms with Gasteiger partial charge in [-0.1, -0.05) is 176 Å². The van der Waals surface area contributed by atoms with E-state index in [0.29, 0.717) is 0 Å². The summed E-state index contributed by atoms with van der Waals surface area (Å²) >= 11 is 0. The van der Waals surface area contributed by atoms with Gasteiger partial charge in [0.05, 0.1) is 0 Å². The third-order valence-electron chi connectivity index (χ3n) is 11.4. The van der Waals surface area contributed by atoms with E-state index >= 15 is 0 Å². The number of nitrogens with zero attached hydrogens (tertiary/aromatic N) is 1. The minimum Gasteiger partial charge on any atom is -0.455 e. The van der Waals surface area contributed by atoms with Crippen LogP contribution in [-0.2, 0) is 0 Å². The molecule has 58 heavy (non-hydrogen) atoms. The van der Waals surface area contributed by atoms with Crippen LogP contribution in [0, 0.1) is 0 Å². The first-order chi connectivity index (χ1) is 28.7. The predicted molar refractivity (Wildman–Crippen MR) is 245 cm³/mol. The molecule has 11 rings (SSSR count). The van der Waals surface area contributed by atoms with Gasteiger partial charge >= 0.3 is 0 Å². The van der Waals surface area contributed by atoms with Crippen molar-refractivity contribution in [2.24, 2.45) is 0 Å². The van der Waals surface area contributed by atoms with Crippen LogP contribution in [0.5, 0.6) is 0 Å². The molecule has 2 nitrogen and oxygen atoms in total. The number of hydrogen-bond acceptors (Lipinski definition) is 2. The van der Waals surface area contributed by atoms with E-state index in [2.05, 4.69) is 229 Å². The molecule has 0 N–H and O–H groups in total. The molecule has 1 aromatic heterocycles. The fourth-order valence-electron chi connectivity index (χ4n) is 8.57. The van der Waals surface area contributed by atoms with Crippen LogP contribution in [0.25, 0.3) is 88.0 Å². The smallest absolute Gasteiger partial charge is 0.143 e. The van der Waals surface area contributed by atoms with E-state index in [1.54, 1.807) is 0 Å². The third-order valence-corrected chi connectivity index (χ3v) is 11.4. The van der Waals surface area contributed by atoms with E-state index < -0.39 is 0 Å². The van der Waals surface area contributed by atoms with Crippen LogP contribution in [0.2, 0.25) is 0 Å². The highest BCUT2D eigenvalue weighted by Gasteiger charge is 2.19. The van der Waals surface area contributed by atoms with E-state index in [0.717, 1.165) is 72.4 Å². The fourth-order valence-corrected chi connectivity index (χ4v) is 8.57. The monoisotopic (exact) mass is 739 g/mol. The number of hydrogen-bond donors (Lipinski definition) is 0. The predicted octanol–water partition coefficient (Wildman–Crippen LogP) is 16.0. The molecule has 0 saturated carbocycles. The number of para-hydroxylation sites is 1. The molecule has 1 heterocycles. The van der Waals surface area contributed by atoms with Gasteiger partial charge < -0.3 is 9.32 Å². The zero-order chi connectivity index (χ0) is 38.4. The van der Waals surface area contributed by atoms with Crippen LogP contribution in [0.1, 0.15) is 0 Å². The lowest BCUT2D eigenvalue weighted by Crippen LogP contribution is -2.09. The van der Waals surface area contributed by atoms with Gasteiger partial charge in [0.2, 0.25) is 0 Å². The van der Waals surface area contributed by atoms with E-state index in [1.165, 1.54) is 32.7 Å². The Morgan fingerprint density at radius 3 is 1.45 bits per heavy atom. The SMILES string of the molecule is c1ccc(-c2ccc(N(c3ccc(-c4cc(-c5ccccc5)c5oc6c(-c7ccccc7)cccc6c5c4)cc3)c3ccc4c(ccc5ccccc54)c3)cc2)cc1. The average Bonchev–Trinajstić information content (AvgIpc) is 3.69. The van der Waals surface area contributed by atoms with Crippen molar-refractivity contribution in [3.63, 3.8) is 0 Å². The van der Waals surface area contributed by atoms with Crippen LogP contribution in [0.15, 0.2) is 229 Å². The minimum atomic E-state index is 0.902. The first-order valence-corrected chi connectivity index (χ1v) is 19.8. The third kappa shape index (κ3) is 5.91.